The quantitative estimate of drug-likeness (QED) is 0.847. The summed E-state index contributed by atoms with van der Waals surface area (Å²) in [5.41, 5.74) is 7.12. The second kappa shape index (κ2) is 4.80. The Hall–Kier alpha value is -0.840. The summed E-state index contributed by atoms with van der Waals surface area (Å²) < 4.78 is 5.16. The number of piperazine rings is 1. The highest BCUT2D eigenvalue weighted by Crippen LogP contribution is 2.29. The molecule has 4 nitrogen and oxygen atoms in total. The van der Waals surface area contributed by atoms with Crippen molar-refractivity contribution in [2.75, 3.05) is 32.7 Å². The highest BCUT2D eigenvalue weighted by Gasteiger charge is 2.32. The molecule has 1 atom stereocenters. The lowest BCUT2D eigenvalue weighted by atomic mass is 10.1. The number of nitrogens with two attached hydrogens (primary N) is 1. The lowest BCUT2D eigenvalue weighted by Crippen LogP contribution is -2.49. The summed E-state index contributed by atoms with van der Waals surface area (Å²) >= 11 is 0. The van der Waals surface area contributed by atoms with Crippen LogP contribution in [0.5, 0.6) is 0 Å². The number of rotatable bonds is 4. The van der Waals surface area contributed by atoms with E-state index in [4.69, 9.17) is 10.2 Å². The molecule has 0 amide bonds. The molecular weight excluding hydrogens is 214 g/mol. The van der Waals surface area contributed by atoms with E-state index in [0.717, 1.165) is 19.1 Å². The van der Waals surface area contributed by atoms with E-state index in [1.807, 2.05) is 12.3 Å². The van der Waals surface area contributed by atoms with Gasteiger partial charge in [-0.1, -0.05) is 0 Å². The molecular formula is C13H21N3O. The van der Waals surface area contributed by atoms with Crippen LogP contribution < -0.4 is 5.73 Å². The van der Waals surface area contributed by atoms with Gasteiger partial charge in [0.2, 0.25) is 0 Å². The minimum Gasteiger partial charge on any atom is -0.472 e. The molecule has 1 saturated carbocycles. The van der Waals surface area contributed by atoms with Gasteiger partial charge < -0.3 is 10.2 Å². The molecule has 2 fully saturated rings. The average Bonchev–Trinajstić information content (AvgIpc) is 3.09. The van der Waals surface area contributed by atoms with Gasteiger partial charge in [0, 0.05) is 44.3 Å². The van der Waals surface area contributed by atoms with Crippen molar-refractivity contribution in [2.24, 2.45) is 5.73 Å². The highest BCUT2D eigenvalue weighted by molar-refractivity contribution is 5.12. The van der Waals surface area contributed by atoms with Crippen LogP contribution in [-0.4, -0.2) is 48.6 Å². The SMILES string of the molecule is NCC(c1ccoc1)N1CCN(C2CC2)CC1. The molecule has 1 saturated heterocycles. The molecule has 1 aromatic heterocycles. The molecule has 0 bridgehead atoms. The van der Waals surface area contributed by atoms with E-state index < -0.39 is 0 Å². The number of nitrogens with zero attached hydrogens (tertiary/aromatic N) is 2. The van der Waals surface area contributed by atoms with Crippen LogP contribution in [0.15, 0.2) is 23.0 Å². The van der Waals surface area contributed by atoms with Gasteiger partial charge in [0.25, 0.3) is 0 Å². The molecule has 0 spiro atoms. The molecule has 2 N–H and O–H groups in total. The molecule has 3 rings (SSSR count). The Bertz CT molecular complexity index is 340. The van der Waals surface area contributed by atoms with Crippen LogP contribution in [-0.2, 0) is 0 Å². The minimum absolute atomic E-state index is 0.329. The van der Waals surface area contributed by atoms with E-state index in [0.29, 0.717) is 12.6 Å². The van der Waals surface area contributed by atoms with Crippen LogP contribution in [0.4, 0.5) is 0 Å². The maximum Gasteiger partial charge on any atom is 0.0950 e. The van der Waals surface area contributed by atoms with Crippen LogP contribution in [0.1, 0.15) is 24.4 Å². The number of furan rings is 1. The molecule has 1 aliphatic heterocycles. The van der Waals surface area contributed by atoms with E-state index in [1.165, 1.54) is 31.5 Å². The maximum absolute atomic E-state index is 5.90. The lowest BCUT2D eigenvalue weighted by Gasteiger charge is -2.38. The van der Waals surface area contributed by atoms with Crippen LogP contribution in [0, 0.1) is 0 Å². The summed E-state index contributed by atoms with van der Waals surface area (Å²) in [6.45, 7) is 5.31. The van der Waals surface area contributed by atoms with Gasteiger partial charge in [0.05, 0.1) is 18.6 Å². The van der Waals surface area contributed by atoms with Gasteiger partial charge in [-0.3, -0.25) is 9.80 Å². The molecule has 2 aliphatic rings. The smallest absolute Gasteiger partial charge is 0.0950 e. The van der Waals surface area contributed by atoms with E-state index in [-0.39, 0.29) is 0 Å². The van der Waals surface area contributed by atoms with Crippen molar-refractivity contribution in [3.8, 4) is 0 Å². The Labute approximate surface area is 102 Å². The second-order valence-electron chi connectivity index (χ2n) is 5.11. The van der Waals surface area contributed by atoms with E-state index in [1.54, 1.807) is 6.26 Å². The summed E-state index contributed by atoms with van der Waals surface area (Å²) in [6.07, 6.45) is 6.37. The zero-order chi connectivity index (χ0) is 11.7. The maximum atomic E-state index is 5.90. The van der Waals surface area contributed by atoms with Crippen LogP contribution in [0.25, 0.3) is 0 Å². The first-order valence-corrected chi connectivity index (χ1v) is 6.59. The van der Waals surface area contributed by atoms with Crippen molar-refractivity contribution >= 4 is 0 Å². The van der Waals surface area contributed by atoms with Gasteiger partial charge in [0.15, 0.2) is 0 Å². The van der Waals surface area contributed by atoms with Gasteiger partial charge in [-0.05, 0) is 18.9 Å². The van der Waals surface area contributed by atoms with E-state index in [2.05, 4.69) is 9.80 Å². The van der Waals surface area contributed by atoms with Crippen molar-refractivity contribution in [2.45, 2.75) is 24.9 Å². The number of hydrogen-bond donors (Lipinski definition) is 1. The summed E-state index contributed by atoms with van der Waals surface area (Å²) in [5.74, 6) is 0. The Kier molecular flexibility index (Phi) is 3.18. The Balaban J connectivity index is 1.60. The Morgan fingerprint density at radius 1 is 1.29 bits per heavy atom. The first kappa shape index (κ1) is 11.3. The molecule has 1 unspecified atom stereocenters. The Morgan fingerprint density at radius 3 is 2.59 bits per heavy atom. The molecule has 17 heavy (non-hydrogen) atoms. The fourth-order valence-corrected chi connectivity index (χ4v) is 2.81. The third kappa shape index (κ3) is 2.39. The van der Waals surface area contributed by atoms with Gasteiger partial charge in [-0.25, -0.2) is 0 Å². The predicted molar refractivity (Wildman–Crippen MR) is 66.7 cm³/mol. The highest BCUT2D eigenvalue weighted by atomic mass is 16.3. The van der Waals surface area contributed by atoms with Crippen molar-refractivity contribution in [3.05, 3.63) is 24.2 Å². The molecule has 0 radical (unpaired) electrons. The minimum atomic E-state index is 0.329. The topological polar surface area (TPSA) is 45.6 Å². The van der Waals surface area contributed by atoms with Crippen LogP contribution in [0.3, 0.4) is 0 Å². The standard InChI is InChI=1S/C13H21N3O/c14-9-13(11-3-8-17-10-11)16-6-4-15(5-7-16)12-1-2-12/h3,8,10,12-13H,1-2,4-7,9,14H2. The fraction of sp³-hybridized carbons (Fsp3) is 0.692. The normalized spacial score (nSPS) is 25.0. The van der Waals surface area contributed by atoms with Crippen molar-refractivity contribution in [1.29, 1.82) is 0 Å². The molecule has 94 valence electrons. The zero-order valence-electron chi connectivity index (χ0n) is 10.2. The molecule has 1 aliphatic carbocycles. The van der Waals surface area contributed by atoms with Crippen molar-refractivity contribution < 1.29 is 4.42 Å². The first-order chi connectivity index (χ1) is 8.38. The van der Waals surface area contributed by atoms with Gasteiger partial charge in [-0.2, -0.15) is 0 Å². The lowest BCUT2D eigenvalue weighted by molar-refractivity contribution is 0.0936. The monoisotopic (exact) mass is 235 g/mol. The summed E-state index contributed by atoms with van der Waals surface area (Å²) in [6, 6.07) is 3.25. The Morgan fingerprint density at radius 2 is 2.06 bits per heavy atom. The van der Waals surface area contributed by atoms with Gasteiger partial charge in [0.1, 0.15) is 0 Å². The van der Waals surface area contributed by atoms with Gasteiger partial charge in [-0.15, -0.1) is 0 Å². The summed E-state index contributed by atoms with van der Waals surface area (Å²) in [4.78, 5) is 5.11. The van der Waals surface area contributed by atoms with Crippen LogP contribution >= 0.6 is 0 Å². The summed E-state index contributed by atoms with van der Waals surface area (Å²) in [5, 5.41) is 0. The number of hydrogen-bond acceptors (Lipinski definition) is 4. The third-order valence-electron chi connectivity index (χ3n) is 4.00. The van der Waals surface area contributed by atoms with Crippen LogP contribution in [0.2, 0.25) is 0 Å². The predicted octanol–water partition coefficient (Wildman–Crippen LogP) is 1.06. The zero-order valence-corrected chi connectivity index (χ0v) is 10.2. The van der Waals surface area contributed by atoms with Gasteiger partial charge >= 0.3 is 0 Å². The second-order valence-corrected chi connectivity index (χ2v) is 5.11. The molecule has 0 aromatic carbocycles. The average molecular weight is 235 g/mol. The van der Waals surface area contributed by atoms with E-state index in [9.17, 15) is 0 Å². The molecule has 4 heteroatoms. The first-order valence-electron chi connectivity index (χ1n) is 6.59. The largest absolute Gasteiger partial charge is 0.472 e. The molecule has 1 aromatic rings. The fourth-order valence-electron chi connectivity index (χ4n) is 2.81. The molecule has 2 heterocycles. The third-order valence-corrected chi connectivity index (χ3v) is 4.00. The van der Waals surface area contributed by atoms with Crippen molar-refractivity contribution in [3.63, 3.8) is 0 Å². The van der Waals surface area contributed by atoms with Crippen molar-refractivity contribution in [1.82, 2.24) is 9.80 Å². The summed E-state index contributed by atoms with van der Waals surface area (Å²) in [7, 11) is 0. The van der Waals surface area contributed by atoms with E-state index >= 15 is 0 Å².